The van der Waals surface area contributed by atoms with Crippen molar-refractivity contribution in [2.75, 3.05) is 18.5 Å². The molecule has 0 bridgehead atoms. The molecule has 0 aliphatic carbocycles. The highest BCUT2D eigenvalue weighted by Gasteiger charge is 2.26. The smallest absolute Gasteiger partial charge is 0.231 e. The van der Waals surface area contributed by atoms with Crippen molar-refractivity contribution >= 4 is 11.6 Å². The highest BCUT2D eigenvalue weighted by atomic mass is 16.2. The molecule has 1 amide bonds. The van der Waals surface area contributed by atoms with Crippen molar-refractivity contribution in [3.05, 3.63) is 29.3 Å². The number of anilines is 1. The van der Waals surface area contributed by atoms with Gasteiger partial charge in [-0.15, -0.1) is 0 Å². The summed E-state index contributed by atoms with van der Waals surface area (Å²) in [4.78, 5) is 13.6. The molecule has 0 spiro atoms. The van der Waals surface area contributed by atoms with Crippen molar-refractivity contribution in [2.24, 2.45) is 0 Å². The van der Waals surface area contributed by atoms with E-state index in [1.807, 2.05) is 7.05 Å². The quantitative estimate of drug-likeness (QED) is 0.861. The van der Waals surface area contributed by atoms with Crippen LogP contribution in [-0.2, 0) is 17.6 Å². The first-order valence-electron chi connectivity index (χ1n) is 6.86. The van der Waals surface area contributed by atoms with Gasteiger partial charge in [-0.3, -0.25) is 4.79 Å². The third-order valence-electron chi connectivity index (χ3n) is 4.19. The summed E-state index contributed by atoms with van der Waals surface area (Å²) in [7, 11) is 1.87. The van der Waals surface area contributed by atoms with Gasteiger partial charge in [0, 0.05) is 18.8 Å². The zero-order valence-corrected chi connectivity index (χ0v) is 10.9. The molecular formula is C15H20N2O. The SMILES string of the molecule is CN1C(=O)Cc2c(CC3CCCCN3)cccc21. The van der Waals surface area contributed by atoms with Crippen LogP contribution in [0.1, 0.15) is 30.4 Å². The van der Waals surface area contributed by atoms with Gasteiger partial charge in [0.05, 0.1) is 6.42 Å². The number of nitrogens with zero attached hydrogens (tertiary/aromatic N) is 1. The molecule has 96 valence electrons. The Balaban J connectivity index is 1.83. The summed E-state index contributed by atoms with van der Waals surface area (Å²) >= 11 is 0. The van der Waals surface area contributed by atoms with E-state index in [4.69, 9.17) is 0 Å². The Morgan fingerprint density at radius 1 is 1.39 bits per heavy atom. The normalized spacial score (nSPS) is 23.3. The molecule has 0 radical (unpaired) electrons. The van der Waals surface area contributed by atoms with Gasteiger partial charge in [-0.05, 0) is 43.0 Å². The standard InChI is InChI=1S/C15H20N2O/c1-17-14-7-4-5-11(13(14)10-15(17)18)9-12-6-2-3-8-16-12/h4-5,7,12,16H,2-3,6,8-10H2,1H3. The fourth-order valence-electron chi connectivity index (χ4n) is 3.10. The van der Waals surface area contributed by atoms with Crippen LogP contribution in [0, 0.1) is 0 Å². The van der Waals surface area contributed by atoms with Crippen LogP contribution in [0.25, 0.3) is 0 Å². The number of benzene rings is 1. The minimum atomic E-state index is 0.217. The first kappa shape index (κ1) is 11.7. The van der Waals surface area contributed by atoms with Crippen LogP contribution in [0.5, 0.6) is 0 Å². The van der Waals surface area contributed by atoms with Gasteiger partial charge in [0.1, 0.15) is 0 Å². The van der Waals surface area contributed by atoms with Crippen molar-refractivity contribution < 1.29 is 4.79 Å². The Morgan fingerprint density at radius 3 is 3.06 bits per heavy atom. The van der Waals surface area contributed by atoms with Gasteiger partial charge < -0.3 is 10.2 Å². The van der Waals surface area contributed by atoms with Crippen molar-refractivity contribution in [2.45, 2.75) is 38.1 Å². The predicted molar refractivity (Wildman–Crippen MR) is 72.9 cm³/mol. The van der Waals surface area contributed by atoms with E-state index in [2.05, 4.69) is 23.5 Å². The van der Waals surface area contributed by atoms with Gasteiger partial charge >= 0.3 is 0 Å². The van der Waals surface area contributed by atoms with Gasteiger partial charge in [-0.1, -0.05) is 18.6 Å². The number of hydrogen-bond donors (Lipinski definition) is 1. The molecule has 3 heteroatoms. The molecule has 1 atom stereocenters. The number of carbonyl (C=O) groups excluding carboxylic acids is 1. The van der Waals surface area contributed by atoms with E-state index >= 15 is 0 Å². The molecule has 1 aromatic carbocycles. The lowest BCUT2D eigenvalue weighted by atomic mass is 9.94. The Bertz CT molecular complexity index is 464. The number of hydrogen-bond acceptors (Lipinski definition) is 2. The molecule has 18 heavy (non-hydrogen) atoms. The fourth-order valence-corrected chi connectivity index (χ4v) is 3.10. The third-order valence-corrected chi connectivity index (χ3v) is 4.19. The second-order valence-electron chi connectivity index (χ2n) is 5.40. The third kappa shape index (κ3) is 2.03. The lowest BCUT2D eigenvalue weighted by molar-refractivity contribution is -0.117. The second kappa shape index (κ2) is 4.73. The van der Waals surface area contributed by atoms with Crippen molar-refractivity contribution in [3.8, 4) is 0 Å². The number of fused-ring (bicyclic) bond motifs is 1. The van der Waals surface area contributed by atoms with E-state index in [-0.39, 0.29) is 5.91 Å². The molecule has 1 unspecified atom stereocenters. The number of piperidine rings is 1. The minimum Gasteiger partial charge on any atom is -0.315 e. The van der Waals surface area contributed by atoms with E-state index in [9.17, 15) is 4.79 Å². The van der Waals surface area contributed by atoms with Crippen molar-refractivity contribution in [3.63, 3.8) is 0 Å². The van der Waals surface area contributed by atoms with E-state index < -0.39 is 0 Å². The number of amides is 1. The fraction of sp³-hybridized carbons (Fsp3) is 0.533. The first-order chi connectivity index (χ1) is 8.75. The molecule has 2 aliphatic rings. The van der Waals surface area contributed by atoms with Crippen LogP contribution in [-0.4, -0.2) is 25.5 Å². The maximum absolute atomic E-state index is 11.8. The van der Waals surface area contributed by atoms with E-state index in [0.29, 0.717) is 12.5 Å². The summed E-state index contributed by atoms with van der Waals surface area (Å²) in [6.07, 6.45) is 5.52. The van der Waals surface area contributed by atoms with Crippen LogP contribution in [0.15, 0.2) is 18.2 Å². The van der Waals surface area contributed by atoms with E-state index in [0.717, 1.165) is 18.7 Å². The maximum atomic E-state index is 11.8. The maximum Gasteiger partial charge on any atom is 0.231 e. The molecule has 1 N–H and O–H groups in total. The zero-order chi connectivity index (χ0) is 12.5. The lowest BCUT2D eigenvalue weighted by Gasteiger charge is -2.24. The van der Waals surface area contributed by atoms with Crippen LogP contribution in [0.2, 0.25) is 0 Å². The number of rotatable bonds is 2. The molecule has 1 saturated heterocycles. The minimum absolute atomic E-state index is 0.217. The molecule has 0 aromatic heterocycles. The highest BCUT2D eigenvalue weighted by Crippen LogP contribution is 2.31. The average molecular weight is 244 g/mol. The molecule has 3 nitrogen and oxygen atoms in total. The highest BCUT2D eigenvalue weighted by molar-refractivity contribution is 6.01. The summed E-state index contributed by atoms with van der Waals surface area (Å²) in [6, 6.07) is 6.90. The molecular weight excluding hydrogens is 224 g/mol. The van der Waals surface area contributed by atoms with Crippen LogP contribution in [0.3, 0.4) is 0 Å². The molecule has 2 heterocycles. The van der Waals surface area contributed by atoms with Crippen LogP contribution in [0.4, 0.5) is 5.69 Å². The topological polar surface area (TPSA) is 32.3 Å². The average Bonchev–Trinajstić information content (AvgIpc) is 2.69. The van der Waals surface area contributed by atoms with Crippen LogP contribution < -0.4 is 10.2 Å². The van der Waals surface area contributed by atoms with E-state index in [1.54, 1.807) is 4.90 Å². The van der Waals surface area contributed by atoms with Gasteiger partial charge in [0.2, 0.25) is 5.91 Å². The largest absolute Gasteiger partial charge is 0.315 e. The molecule has 1 fully saturated rings. The van der Waals surface area contributed by atoms with Gasteiger partial charge in [-0.2, -0.15) is 0 Å². The Labute approximate surface area is 108 Å². The van der Waals surface area contributed by atoms with Crippen LogP contribution >= 0.6 is 0 Å². The van der Waals surface area contributed by atoms with Gasteiger partial charge in [-0.25, -0.2) is 0 Å². The van der Waals surface area contributed by atoms with Crippen molar-refractivity contribution in [1.29, 1.82) is 0 Å². The van der Waals surface area contributed by atoms with E-state index in [1.165, 1.54) is 30.4 Å². The number of carbonyl (C=O) groups is 1. The summed E-state index contributed by atoms with van der Waals surface area (Å²) in [5.41, 5.74) is 3.70. The number of nitrogens with one attached hydrogen (secondary N) is 1. The predicted octanol–water partition coefficient (Wildman–Crippen LogP) is 1.89. The monoisotopic (exact) mass is 244 g/mol. The van der Waals surface area contributed by atoms with Gasteiger partial charge in [0.15, 0.2) is 0 Å². The summed E-state index contributed by atoms with van der Waals surface area (Å²) in [6.45, 7) is 1.14. The molecule has 3 rings (SSSR count). The Hall–Kier alpha value is -1.35. The first-order valence-corrected chi connectivity index (χ1v) is 6.86. The van der Waals surface area contributed by atoms with Crippen molar-refractivity contribution in [1.82, 2.24) is 5.32 Å². The zero-order valence-electron chi connectivity index (χ0n) is 10.9. The second-order valence-corrected chi connectivity index (χ2v) is 5.40. The summed E-state index contributed by atoms with van der Waals surface area (Å²) in [5, 5.41) is 3.58. The Kier molecular flexibility index (Phi) is 3.08. The number of likely N-dealkylation sites (N-methyl/N-ethyl adjacent to an activating group) is 1. The van der Waals surface area contributed by atoms with Gasteiger partial charge in [0.25, 0.3) is 0 Å². The summed E-state index contributed by atoms with van der Waals surface area (Å²) < 4.78 is 0. The molecule has 0 saturated carbocycles. The Morgan fingerprint density at radius 2 is 2.28 bits per heavy atom. The molecule has 1 aromatic rings. The lowest BCUT2D eigenvalue weighted by Crippen LogP contribution is -2.35. The summed E-state index contributed by atoms with van der Waals surface area (Å²) in [5.74, 6) is 0.217. The molecule has 2 aliphatic heterocycles.